The molecule has 0 aliphatic carbocycles. The van der Waals surface area contributed by atoms with Crippen LogP contribution in [0.4, 0.5) is 5.69 Å². The highest BCUT2D eigenvalue weighted by Crippen LogP contribution is 2.19. The Labute approximate surface area is 174 Å². The molecule has 27 heavy (non-hydrogen) atoms. The topological polar surface area (TPSA) is 64.7 Å². The van der Waals surface area contributed by atoms with Gasteiger partial charge in [-0.2, -0.15) is 0 Å². The highest BCUT2D eigenvalue weighted by molar-refractivity contribution is 5.93. The highest BCUT2D eigenvalue weighted by atomic mass is 35.5. The molecule has 1 aromatic rings. The number of benzene rings is 1. The van der Waals surface area contributed by atoms with Gasteiger partial charge in [0.2, 0.25) is 11.8 Å². The maximum absolute atomic E-state index is 12.4. The molecule has 1 saturated heterocycles. The van der Waals surface area contributed by atoms with Crippen LogP contribution < -0.4 is 10.6 Å². The number of anilines is 1. The van der Waals surface area contributed by atoms with Crippen molar-refractivity contribution >= 4 is 42.3 Å². The molecule has 6 nitrogen and oxygen atoms in total. The number of carbonyl (C=O) groups excluding carboxylic acids is 2. The third-order valence-corrected chi connectivity index (χ3v) is 4.73. The number of hydrogen-bond acceptors (Lipinski definition) is 4. The first-order valence-corrected chi connectivity index (χ1v) is 8.94. The van der Waals surface area contributed by atoms with Crippen LogP contribution in [-0.2, 0) is 9.59 Å². The van der Waals surface area contributed by atoms with E-state index in [-0.39, 0.29) is 42.5 Å². The fourth-order valence-corrected chi connectivity index (χ4v) is 3.23. The second kappa shape index (κ2) is 12.2. The monoisotopic (exact) mass is 418 g/mol. The van der Waals surface area contributed by atoms with E-state index in [1.165, 1.54) is 0 Å². The zero-order valence-corrected chi connectivity index (χ0v) is 18.2. The van der Waals surface area contributed by atoms with Crippen molar-refractivity contribution in [3.63, 3.8) is 0 Å². The summed E-state index contributed by atoms with van der Waals surface area (Å²) < 4.78 is 0. The molecule has 1 fully saturated rings. The molecular weight excluding hydrogens is 387 g/mol. The number of halogens is 2. The Morgan fingerprint density at radius 3 is 2.15 bits per heavy atom. The quantitative estimate of drug-likeness (QED) is 0.741. The molecule has 2 amide bonds. The summed E-state index contributed by atoms with van der Waals surface area (Å²) >= 11 is 0. The second-order valence-corrected chi connectivity index (χ2v) is 6.88. The van der Waals surface area contributed by atoms with Crippen LogP contribution in [0.15, 0.2) is 18.2 Å². The zero-order chi connectivity index (χ0) is 18.4. The lowest BCUT2D eigenvalue weighted by Gasteiger charge is -2.35. The summed E-state index contributed by atoms with van der Waals surface area (Å²) in [5, 5.41) is 6.07. The van der Waals surface area contributed by atoms with Crippen LogP contribution in [0.5, 0.6) is 0 Å². The Bertz CT molecular complexity index is 599. The normalized spacial score (nSPS) is 15.3. The van der Waals surface area contributed by atoms with Gasteiger partial charge in [0, 0.05) is 44.3 Å². The SMILES string of the molecule is CNCC(C)C(=O)N1CCN(CC(=O)Nc2c(C)cccc2C)CC1.Cl.Cl. The summed E-state index contributed by atoms with van der Waals surface area (Å²) in [6.07, 6.45) is 0. The number of rotatable bonds is 6. The molecule has 154 valence electrons. The largest absolute Gasteiger partial charge is 0.340 e. The van der Waals surface area contributed by atoms with Gasteiger partial charge >= 0.3 is 0 Å². The highest BCUT2D eigenvalue weighted by Gasteiger charge is 2.25. The molecule has 8 heteroatoms. The molecule has 0 aromatic heterocycles. The van der Waals surface area contributed by atoms with Crippen LogP contribution in [0.3, 0.4) is 0 Å². The molecule has 0 bridgehead atoms. The van der Waals surface area contributed by atoms with Crippen molar-refractivity contribution in [1.82, 2.24) is 15.1 Å². The van der Waals surface area contributed by atoms with Gasteiger partial charge in [-0.15, -0.1) is 24.8 Å². The fourth-order valence-electron chi connectivity index (χ4n) is 3.23. The summed E-state index contributed by atoms with van der Waals surface area (Å²) in [6, 6.07) is 5.99. The third kappa shape index (κ3) is 7.30. The Hall–Kier alpha value is -1.34. The van der Waals surface area contributed by atoms with Crippen LogP contribution in [0.2, 0.25) is 0 Å². The lowest BCUT2D eigenvalue weighted by Crippen LogP contribution is -2.52. The van der Waals surface area contributed by atoms with Crippen molar-refractivity contribution in [3.05, 3.63) is 29.3 Å². The Morgan fingerprint density at radius 1 is 1.07 bits per heavy atom. The van der Waals surface area contributed by atoms with Gasteiger partial charge in [0.1, 0.15) is 0 Å². The Kier molecular flexibility index (Phi) is 11.6. The van der Waals surface area contributed by atoms with Crippen molar-refractivity contribution in [3.8, 4) is 0 Å². The van der Waals surface area contributed by atoms with Gasteiger partial charge in [-0.3, -0.25) is 14.5 Å². The van der Waals surface area contributed by atoms with E-state index in [0.29, 0.717) is 26.2 Å². The second-order valence-electron chi connectivity index (χ2n) is 6.88. The first-order chi connectivity index (χ1) is 11.9. The molecule has 1 aromatic carbocycles. The van der Waals surface area contributed by atoms with E-state index in [1.807, 2.05) is 50.9 Å². The van der Waals surface area contributed by atoms with Gasteiger partial charge in [-0.1, -0.05) is 25.1 Å². The van der Waals surface area contributed by atoms with E-state index < -0.39 is 0 Å². The van der Waals surface area contributed by atoms with E-state index in [0.717, 1.165) is 29.9 Å². The molecule has 0 spiro atoms. The Morgan fingerprint density at radius 2 is 1.63 bits per heavy atom. The van der Waals surface area contributed by atoms with E-state index in [1.54, 1.807) is 0 Å². The number of amides is 2. The van der Waals surface area contributed by atoms with Crippen LogP contribution in [0.1, 0.15) is 18.1 Å². The molecule has 1 unspecified atom stereocenters. The minimum Gasteiger partial charge on any atom is -0.340 e. The van der Waals surface area contributed by atoms with Crippen molar-refractivity contribution in [2.24, 2.45) is 5.92 Å². The van der Waals surface area contributed by atoms with Crippen molar-refractivity contribution < 1.29 is 9.59 Å². The molecule has 1 heterocycles. The van der Waals surface area contributed by atoms with Crippen LogP contribution >= 0.6 is 24.8 Å². The number of para-hydroxylation sites is 1. The van der Waals surface area contributed by atoms with E-state index in [4.69, 9.17) is 0 Å². The van der Waals surface area contributed by atoms with Gasteiger partial charge in [0.15, 0.2) is 0 Å². The van der Waals surface area contributed by atoms with Crippen molar-refractivity contribution in [2.45, 2.75) is 20.8 Å². The number of hydrogen-bond donors (Lipinski definition) is 2. The molecule has 1 atom stereocenters. The van der Waals surface area contributed by atoms with E-state index in [2.05, 4.69) is 15.5 Å². The maximum atomic E-state index is 12.4. The average Bonchev–Trinajstić information content (AvgIpc) is 2.58. The minimum atomic E-state index is -0.0103. The molecule has 1 aliphatic heterocycles. The summed E-state index contributed by atoms with van der Waals surface area (Å²) in [6.45, 7) is 9.84. The molecule has 1 aliphatic rings. The lowest BCUT2D eigenvalue weighted by molar-refractivity contribution is -0.136. The van der Waals surface area contributed by atoms with Crippen LogP contribution in [-0.4, -0.2) is 67.9 Å². The first-order valence-electron chi connectivity index (χ1n) is 8.94. The summed E-state index contributed by atoms with van der Waals surface area (Å²) in [5.41, 5.74) is 3.05. The zero-order valence-electron chi connectivity index (χ0n) is 16.6. The molecule has 2 N–H and O–H groups in total. The minimum absolute atomic E-state index is 0. The van der Waals surface area contributed by atoms with E-state index in [9.17, 15) is 9.59 Å². The lowest BCUT2D eigenvalue weighted by atomic mass is 10.1. The van der Waals surface area contributed by atoms with Gasteiger partial charge in [0.05, 0.1) is 6.54 Å². The smallest absolute Gasteiger partial charge is 0.238 e. The number of nitrogens with one attached hydrogen (secondary N) is 2. The number of aryl methyl sites for hydroxylation is 2. The first kappa shape index (κ1) is 25.7. The predicted molar refractivity (Wildman–Crippen MR) is 115 cm³/mol. The molecule has 2 rings (SSSR count). The molecule has 0 saturated carbocycles. The van der Waals surface area contributed by atoms with Crippen molar-refractivity contribution in [2.75, 3.05) is 51.6 Å². The summed E-state index contributed by atoms with van der Waals surface area (Å²) in [7, 11) is 1.86. The van der Waals surface area contributed by atoms with Crippen LogP contribution in [0, 0.1) is 19.8 Å². The summed E-state index contributed by atoms with van der Waals surface area (Å²) in [4.78, 5) is 28.7. The Balaban J connectivity index is 0.00000338. The molecular formula is C19H32Cl2N4O2. The fraction of sp³-hybridized carbons (Fsp3) is 0.579. The average molecular weight is 419 g/mol. The maximum Gasteiger partial charge on any atom is 0.238 e. The number of piperazine rings is 1. The van der Waals surface area contributed by atoms with Gasteiger partial charge in [-0.05, 0) is 32.0 Å². The van der Waals surface area contributed by atoms with Crippen LogP contribution in [0.25, 0.3) is 0 Å². The summed E-state index contributed by atoms with van der Waals surface area (Å²) in [5.74, 6) is 0.179. The van der Waals surface area contributed by atoms with Gasteiger partial charge in [-0.25, -0.2) is 0 Å². The molecule has 0 radical (unpaired) electrons. The van der Waals surface area contributed by atoms with Crippen molar-refractivity contribution in [1.29, 1.82) is 0 Å². The third-order valence-electron chi connectivity index (χ3n) is 4.73. The van der Waals surface area contributed by atoms with Gasteiger partial charge in [0.25, 0.3) is 0 Å². The standard InChI is InChI=1S/C19H30N4O2.2ClH/c1-14-6-5-7-15(2)18(14)21-17(24)13-22-8-10-23(11-9-22)19(25)16(3)12-20-4;;/h5-7,16,20H,8-13H2,1-4H3,(H,21,24);2*1H. The predicted octanol–water partition coefficient (Wildman–Crippen LogP) is 2.09. The number of carbonyl (C=O) groups is 2. The number of nitrogens with zero attached hydrogens (tertiary/aromatic N) is 2. The van der Waals surface area contributed by atoms with Gasteiger partial charge < -0.3 is 15.5 Å². The van der Waals surface area contributed by atoms with E-state index >= 15 is 0 Å².